The number of hydrogen-bond donors (Lipinski definition) is 0. The summed E-state index contributed by atoms with van der Waals surface area (Å²) in [5.74, 6) is 0.0916. The Morgan fingerprint density at radius 1 is 1.15 bits per heavy atom. The number of aryl methyl sites for hydroxylation is 2. The molecule has 34 heavy (non-hydrogen) atoms. The summed E-state index contributed by atoms with van der Waals surface area (Å²) in [5, 5.41) is 0.824. The van der Waals surface area contributed by atoms with E-state index in [0.717, 1.165) is 34.1 Å². The van der Waals surface area contributed by atoms with Crippen molar-refractivity contribution in [2.24, 2.45) is 0 Å². The molecule has 0 N–H and O–H groups in total. The normalized spacial score (nSPS) is 13.5. The predicted molar refractivity (Wildman–Crippen MR) is 124 cm³/mol. The zero-order valence-electron chi connectivity index (χ0n) is 19.4. The fourth-order valence-electron chi connectivity index (χ4n) is 4.12. The number of halogens is 1. The predicted octanol–water partition coefficient (Wildman–Crippen LogP) is 3.76. The Morgan fingerprint density at radius 3 is 2.71 bits per heavy atom. The molecule has 0 spiro atoms. The number of ether oxygens (including phenoxy) is 3. The van der Waals surface area contributed by atoms with Gasteiger partial charge in [-0.1, -0.05) is 12.1 Å². The molecule has 1 aliphatic heterocycles. The maximum atomic E-state index is 13.2. The van der Waals surface area contributed by atoms with Gasteiger partial charge in [-0.2, -0.15) is 0 Å². The molecule has 2 heterocycles. The summed E-state index contributed by atoms with van der Waals surface area (Å²) in [5.41, 5.74) is 3.61. The number of esters is 1. The van der Waals surface area contributed by atoms with Gasteiger partial charge in [-0.15, -0.1) is 0 Å². The quantitative estimate of drug-likeness (QED) is 0.268. The fourth-order valence-corrected chi connectivity index (χ4v) is 4.12. The smallest absolute Gasteiger partial charge is 0.336 e. The highest BCUT2D eigenvalue weighted by atomic mass is 19.1. The molecule has 0 saturated carbocycles. The van der Waals surface area contributed by atoms with Crippen LogP contribution < -0.4 is 10.4 Å². The summed E-state index contributed by atoms with van der Waals surface area (Å²) in [6, 6.07) is 9.85. The molecule has 0 bridgehead atoms. The third-order valence-electron chi connectivity index (χ3n) is 5.92. The van der Waals surface area contributed by atoms with E-state index in [1.165, 1.54) is 18.2 Å². The van der Waals surface area contributed by atoms with Gasteiger partial charge in [0.25, 0.3) is 0 Å². The van der Waals surface area contributed by atoms with E-state index >= 15 is 0 Å². The third-order valence-corrected chi connectivity index (χ3v) is 5.92. The summed E-state index contributed by atoms with van der Waals surface area (Å²) in [4.78, 5) is 26.3. The van der Waals surface area contributed by atoms with Gasteiger partial charge in [-0.05, 0) is 54.7 Å². The van der Waals surface area contributed by atoms with Crippen LogP contribution in [0.2, 0.25) is 0 Å². The highest BCUT2D eigenvalue weighted by molar-refractivity contribution is 5.86. The van der Waals surface area contributed by atoms with Crippen molar-refractivity contribution in [1.82, 2.24) is 4.90 Å². The molecule has 0 aliphatic carbocycles. The molecule has 8 heteroatoms. The summed E-state index contributed by atoms with van der Waals surface area (Å²) < 4.78 is 35.0. The van der Waals surface area contributed by atoms with E-state index < -0.39 is 5.63 Å². The number of fused-ring (bicyclic) bond motifs is 3. The Bertz CT molecular complexity index is 1220. The molecule has 0 unspecified atom stereocenters. The van der Waals surface area contributed by atoms with Crippen LogP contribution in [0.5, 0.6) is 5.75 Å². The Morgan fingerprint density at radius 2 is 1.94 bits per heavy atom. The molecule has 2 aromatic carbocycles. The number of rotatable bonds is 9. The van der Waals surface area contributed by atoms with Gasteiger partial charge in [0.1, 0.15) is 30.5 Å². The van der Waals surface area contributed by atoms with E-state index in [1.54, 1.807) is 19.2 Å². The maximum Gasteiger partial charge on any atom is 0.336 e. The lowest BCUT2D eigenvalue weighted by Crippen LogP contribution is -2.34. The van der Waals surface area contributed by atoms with Crippen molar-refractivity contribution in [2.75, 3.05) is 33.6 Å². The number of carbonyl (C=O) groups is 1. The first-order valence-corrected chi connectivity index (χ1v) is 11.3. The van der Waals surface area contributed by atoms with E-state index in [1.807, 2.05) is 13.0 Å². The van der Waals surface area contributed by atoms with Crippen LogP contribution in [0.1, 0.15) is 28.7 Å². The molecule has 0 radical (unpaired) electrons. The molecule has 3 aromatic rings. The van der Waals surface area contributed by atoms with Crippen molar-refractivity contribution in [3.63, 3.8) is 0 Å². The number of hydrogen-bond acceptors (Lipinski definition) is 7. The van der Waals surface area contributed by atoms with Crippen molar-refractivity contribution in [2.45, 2.75) is 32.7 Å². The summed E-state index contributed by atoms with van der Waals surface area (Å²) in [7, 11) is 1.55. The summed E-state index contributed by atoms with van der Waals surface area (Å²) >= 11 is 0. The van der Waals surface area contributed by atoms with Crippen molar-refractivity contribution in [3.05, 3.63) is 74.9 Å². The molecule has 1 aliphatic rings. The van der Waals surface area contributed by atoms with Gasteiger partial charge in [-0.25, -0.2) is 9.18 Å². The van der Waals surface area contributed by atoms with Crippen LogP contribution in [0.25, 0.3) is 11.0 Å². The average Bonchev–Trinajstić information content (AvgIpc) is 2.82. The lowest BCUT2D eigenvalue weighted by atomic mass is 9.97. The van der Waals surface area contributed by atoms with E-state index in [0.29, 0.717) is 44.2 Å². The lowest BCUT2D eigenvalue weighted by Gasteiger charge is -2.31. The Hall–Kier alpha value is -3.23. The van der Waals surface area contributed by atoms with E-state index in [2.05, 4.69) is 4.90 Å². The van der Waals surface area contributed by atoms with E-state index in [9.17, 15) is 14.0 Å². The van der Waals surface area contributed by atoms with Crippen LogP contribution in [0.3, 0.4) is 0 Å². The minimum atomic E-state index is -0.412. The topological polar surface area (TPSA) is 78.2 Å². The maximum absolute atomic E-state index is 13.2. The van der Waals surface area contributed by atoms with Crippen LogP contribution in [-0.4, -0.2) is 44.5 Å². The van der Waals surface area contributed by atoms with Crippen LogP contribution >= 0.6 is 0 Å². The molecular formula is C26H28FNO6. The van der Waals surface area contributed by atoms with Gasteiger partial charge in [0, 0.05) is 38.1 Å². The van der Waals surface area contributed by atoms with Crippen LogP contribution in [0.15, 0.2) is 45.6 Å². The molecule has 0 atom stereocenters. The van der Waals surface area contributed by atoms with Gasteiger partial charge in [0.15, 0.2) is 0 Å². The standard InChI is InChI=1S/C26H28FNO6/c1-17-13-24(30)34-26-21(17)14-19(5-8-23(29)32-12-11-31-2)25-22(26)15-28(16-33-25)10-9-18-3-6-20(27)7-4-18/h3-4,6-7,13-14H,5,8-12,15-16H2,1-2H3. The minimum Gasteiger partial charge on any atom is -0.477 e. The molecule has 180 valence electrons. The van der Waals surface area contributed by atoms with Crippen LogP contribution in [-0.2, 0) is 33.7 Å². The van der Waals surface area contributed by atoms with Crippen molar-refractivity contribution >= 4 is 16.9 Å². The lowest BCUT2D eigenvalue weighted by molar-refractivity contribution is -0.144. The summed E-state index contributed by atoms with van der Waals surface area (Å²) in [6.45, 7) is 4.02. The molecule has 1 aromatic heterocycles. The second-order valence-corrected chi connectivity index (χ2v) is 8.38. The minimum absolute atomic E-state index is 0.204. The Kier molecular flexibility index (Phi) is 7.59. The zero-order chi connectivity index (χ0) is 24.1. The first kappa shape index (κ1) is 23.9. The van der Waals surface area contributed by atoms with Gasteiger partial charge in [-0.3, -0.25) is 9.69 Å². The number of benzene rings is 2. The molecule has 0 fully saturated rings. The van der Waals surface area contributed by atoms with Crippen molar-refractivity contribution < 1.29 is 27.8 Å². The molecular weight excluding hydrogens is 441 g/mol. The van der Waals surface area contributed by atoms with Gasteiger partial charge < -0.3 is 18.6 Å². The second-order valence-electron chi connectivity index (χ2n) is 8.38. The van der Waals surface area contributed by atoms with Gasteiger partial charge in [0.05, 0.1) is 12.2 Å². The SMILES string of the molecule is COCCOC(=O)CCc1cc2c(C)cc(=O)oc2c2c1OCN(CCc1ccc(F)cc1)C2. The second kappa shape index (κ2) is 10.8. The monoisotopic (exact) mass is 469 g/mol. The highest BCUT2D eigenvalue weighted by Gasteiger charge is 2.25. The molecule has 0 saturated heterocycles. The Balaban J connectivity index is 1.57. The van der Waals surface area contributed by atoms with Crippen molar-refractivity contribution in [1.29, 1.82) is 0 Å². The Labute approximate surface area is 197 Å². The number of nitrogens with zero attached hydrogens (tertiary/aromatic N) is 1. The molecule has 4 rings (SSSR count). The number of carbonyl (C=O) groups excluding carboxylic acids is 1. The van der Waals surface area contributed by atoms with E-state index in [4.69, 9.17) is 18.6 Å². The number of methoxy groups -OCH3 is 1. The fraction of sp³-hybridized carbons (Fsp3) is 0.385. The molecule has 0 amide bonds. The zero-order valence-corrected chi connectivity index (χ0v) is 19.4. The van der Waals surface area contributed by atoms with Crippen molar-refractivity contribution in [3.8, 4) is 5.75 Å². The summed E-state index contributed by atoms with van der Waals surface area (Å²) in [6.07, 6.45) is 1.38. The first-order chi connectivity index (χ1) is 16.4. The van der Waals surface area contributed by atoms with Gasteiger partial charge >= 0.3 is 11.6 Å². The van der Waals surface area contributed by atoms with Crippen LogP contribution in [0.4, 0.5) is 4.39 Å². The highest BCUT2D eigenvalue weighted by Crippen LogP contribution is 2.37. The molecule has 7 nitrogen and oxygen atoms in total. The first-order valence-electron chi connectivity index (χ1n) is 11.3. The van der Waals surface area contributed by atoms with E-state index in [-0.39, 0.29) is 24.8 Å². The largest absolute Gasteiger partial charge is 0.477 e. The third kappa shape index (κ3) is 5.63. The van der Waals surface area contributed by atoms with Crippen LogP contribution in [0, 0.1) is 12.7 Å². The van der Waals surface area contributed by atoms with Gasteiger partial charge in [0.2, 0.25) is 0 Å². The average molecular weight is 470 g/mol.